The van der Waals surface area contributed by atoms with Gasteiger partial charge in [-0.25, -0.2) is 0 Å². The fraction of sp³-hybridized carbons (Fsp3) is 0.156. The second-order valence-electron chi connectivity index (χ2n) is 8.97. The highest BCUT2D eigenvalue weighted by Gasteiger charge is 2.09. The second-order valence-corrected chi connectivity index (χ2v) is 8.97. The fourth-order valence-electron chi connectivity index (χ4n) is 4.44. The van der Waals surface area contributed by atoms with Crippen LogP contribution in [0.25, 0.3) is 11.4 Å². The summed E-state index contributed by atoms with van der Waals surface area (Å²) in [5, 5.41) is 0. The van der Waals surface area contributed by atoms with E-state index >= 15 is 0 Å². The van der Waals surface area contributed by atoms with E-state index in [1.807, 2.05) is 60.7 Å². The molecule has 0 spiro atoms. The minimum Gasteiger partial charge on any atom is -0.397 e. The molecule has 4 bridgehead atoms. The van der Waals surface area contributed by atoms with Crippen LogP contribution >= 0.6 is 0 Å². The number of hydrogen-bond acceptors (Lipinski definition) is 3. The molecule has 4 aliphatic rings. The third kappa shape index (κ3) is 6.07. The molecule has 4 N–H and O–H groups in total. The molecule has 0 fully saturated rings. The molecule has 0 atom stereocenters. The van der Waals surface area contributed by atoms with E-state index in [0.717, 1.165) is 48.7 Å². The summed E-state index contributed by atoms with van der Waals surface area (Å²) in [6.07, 6.45) is 4.98. The van der Waals surface area contributed by atoms with Crippen LogP contribution in [0.15, 0.2) is 97.1 Å². The molecule has 0 saturated heterocycles. The van der Waals surface area contributed by atoms with Crippen LogP contribution in [0.2, 0.25) is 0 Å². The highest BCUT2D eigenvalue weighted by Crippen LogP contribution is 2.21. The number of aryl methyl sites for hydroxylation is 5. The van der Waals surface area contributed by atoms with E-state index in [2.05, 4.69) is 43.3 Å². The summed E-state index contributed by atoms with van der Waals surface area (Å²) in [5.74, 6) is 0. The molecule has 0 aliphatic heterocycles. The Kier molecular flexibility index (Phi) is 7.79. The van der Waals surface area contributed by atoms with Crippen LogP contribution in [0.4, 0.5) is 0 Å². The zero-order chi connectivity index (χ0) is 24.6. The van der Waals surface area contributed by atoms with Crippen molar-refractivity contribution in [2.24, 2.45) is 11.5 Å². The summed E-state index contributed by atoms with van der Waals surface area (Å²) in [6, 6.07) is 32.6. The normalized spacial score (nSPS) is 13.1. The van der Waals surface area contributed by atoms with Crippen LogP contribution in [-0.2, 0) is 25.7 Å². The number of nitrogens with two attached hydrogens (primary N) is 2. The van der Waals surface area contributed by atoms with Crippen molar-refractivity contribution in [1.29, 1.82) is 0 Å². The predicted octanol–water partition coefficient (Wildman–Crippen LogP) is 6.12. The quantitative estimate of drug-likeness (QED) is 0.286. The van der Waals surface area contributed by atoms with Gasteiger partial charge >= 0.3 is 0 Å². The number of rotatable bonds is 3. The van der Waals surface area contributed by atoms with Crippen molar-refractivity contribution >= 4 is 17.7 Å². The number of carbonyl (C=O) groups excluding carboxylic acids is 1. The maximum Gasteiger partial charge on any atom is 0.150 e. The molecule has 0 aromatic heterocycles. The van der Waals surface area contributed by atoms with Gasteiger partial charge in [-0.3, -0.25) is 4.79 Å². The Hall–Kier alpha value is -4.11. The van der Waals surface area contributed by atoms with Crippen molar-refractivity contribution < 1.29 is 4.79 Å². The molecule has 3 heteroatoms. The lowest BCUT2D eigenvalue weighted by atomic mass is 9.92. The third-order valence-corrected chi connectivity index (χ3v) is 6.57. The second kappa shape index (κ2) is 11.3. The third-order valence-electron chi connectivity index (χ3n) is 6.57. The molecule has 3 nitrogen and oxygen atoms in total. The van der Waals surface area contributed by atoms with E-state index in [1.54, 1.807) is 0 Å². The number of aldehydes is 1. The van der Waals surface area contributed by atoms with Crippen molar-refractivity contribution in [3.63, 3.8) is 0 Å². The Morgan fingerprint density at radius 1 is 0.629 bits per heavy atom. The smallest absolute Gasteiger partial charge is 0.150 e. The van der Waals surface area contributed by atoms with Gasteiger partial charge in [0.1, 0.15) is 6.29 Å². The van der Waals surface area contributed by atoms with Crippen LogP contribution in [0, 0.1) is 6.92 Å². The summed E-state index contributed by atoms with van der Waals surface area (Å²) >= 11 is 0. The number of benzene rings is 4. The summed E-state index contributed by atoms with van der Waals surface area (Å²) in [5.41, 5.74) is 22.6. The lowest BCUT2D eigenvalue weighted by Crippen LogP contribution is -2.07. The first kappa shape index (κ1) is 24.0. The molecule has 35 heavy (non-hydrogen) atoms. The summed E-state index contributed by atoms with van der Waals surface area (Å²) < 4.78 is 0. The van der Waals surface area contributed by atoms with E-state index in [-0.39, 0.29) is 0 Å². The molecule has 8 rings (SSSR count). The molecule has 4 aliphatic carbocycles. The zero-order valence-electron chi connectivity index (χ0n) is 20.2. The van der Waals surface area contributed by atoms with Crippen LogP contribution in [0.3, 0.4) is 0 Å². The Morgan fingerprint density at radius 3 is 1.63 bits per heavy atom. The Labute approximate surface area is 208 Å². The predicted molar refractivity (Wildman–Crippen MR) is 146 cm³/mol. The number of carbonyl (C=O) groups is 1. The molecule has 0 heterocycles. The van der Waals surface area contributed by atoms with Crippen LogP contribution < -0.4 is 11.5 Å². The van der Waals surface area contributed by atoms with Crippen LogP contribution in [0.1, 0.15) is 49.3 Å². The minimum atomic E-state index is 0.617. The highest BCUT2D eigenvalue weighted by molar-refractivity contribution is 5.87. The van der Waals surface area contributed by atoms with Crippen molar-refractivity contribution in [3.8, 4) is 0 Å². The molecule has 4 aromatic carbocycles. The van der Waals surface area contributed by atoms with Crippen molar-refractivity contribution in [2.75, 3.05) is 0 Å². The monoisotopic (exact) mass is 460 g/mol. The van der Waals surface area contributed by atoms with Gasteiger partial charge in [-0.2, -0.15) is 0 Å². The maximum atomic E-state index is 11.2. The van der Waals surface area contributed by atoms with Crippen molar-refractivity contribution in [3.05, 3.63) is 142 Å². The van der Waals surface area contributed by atoms with E-state index in [0.29, 0.717) is 11.4 Å². The van der Waals surface area contributed by atoms with E-state index in [9.17, 15) is 4.79 Å². The average Bonchev–Trinajstić information content (AvgIpc) is 2.91. The van der Waals surface area contributed by atoms with Gasteiger partial charge in [0.25, 0.3) is 0 Å². The average molecular weight is 461 g/mol. The van der Waals surface area contributed by atoms with Gasteiger partial charge in [-0.1, -0.05) is 91.0 Å². The molecule has 176 valence electrons. The summed E-state index contributed by atoms with van der Waals surface area (Å²) in [4.78, 5) is 11.2. The minimum absolute atomic E-state index is 0.617. The van der Waals surface area contributed by atoms with Crippen LogP contribution in [0.5, 0.6) is 0 Å². The summed E-state index contributed by atoms with van der Waals surface area (Å²) in [6.45, 7) is 2.19. The van der Waals surface area contributed by atoms with Gasteiger partial charge in [0.15, 0.2) is 0 Å². The topological polar surface area (TPSA) is 69.1 Å². The zero-order valence-corrected chi connectivity index (χ0v) is 20.2. The maximum absolute atomic E-state index is 11.2. The molecule has 0 radical (unpaired) electrons. The van der Waals surface area contributed by atoms with E-state index < -0.39 is 0 Å². The first-order chi connectivity index (χ1) is 17.0. The fourth-order valence-corrected chi connectivity index (χ4v) is 4.44. The van der Waals surface area contributed by atoms with Gasteiger partial charge in [0.05, 0.1) is 11.4 Å². The van der Waals surface area contributed by atoms with Gasteiger partial charge in [-0.05, 0) is 77.6 Å². The first-order valence-corrected chi connectivity index (χ1v) is 12.1. The van der Waals surface area contributed by atoms with Crippen molar-refractivity contribution in [1.82, 2.24) is 0 Å². The van der Waals surface area contributed by atoms with Gasteiger partial charge in [0.2, 0.25) is 0 Å². The first-order valence-electron chi connectivity index (χ1n) is 12.1. The molecule has 0 unspecified atom stereocenters. The molecular formula is C32H32N2O. The lowest BCUT2D eigenvalue weighted by Gasteiger charge is -2.13. The van der Waals surface area contributed by atoms with Gasteiger partial charge in [0, 0.05) is 5.56 Å². The Bertz CT molecular complexity index is 1280. The Balaban J connectivity index is 0.000000168. The molecular weight excluding hydrogens is 428 g/mol. The van der Waals surface area contributed by atoms with E-state index in [4.69, 9.17) is 11.5 Å². The molecule has 0 saturated carbocycles. The molecule has 0 amide bonds. The largest absolute Gasteiger partial charge is 0.397 e. The number of hydrogen-bond donors (Lipinski definition) is 2. The highest BCUT2D eigenvalue weighted by atomic mass is 16.1. The lowest BCUT2D eigenvalue weighted by molar-refractivity contribution is 0.112. The Morgan fingerprint density at radius 2 is 1.11 bits per heavy atom. The SMILES string of the molecule is Cc1cc2ccc1CCc1ccc(cc1C=O)CC2.N/C(=C(\N)c1ccccc1)c1ccccc1. The van der Waals surface area contributed by atoms with Gasteiger partial charge in [-0.15, -0.1) is 0 Å². The van der Waals surface area contributed by atoms with Crippen LogP contribution in [-0.4, -0.2) is 6.29 Å². The van der Waals surface area contributed by atoms with E-state index in [1.165, 1.54) is 27.8 Å². The van der Waals surface area contributed by atoms with Gasteiger partial charge < -0.3 is 11.5 Å². The summed E-state index contributed by atoms with van der Waals surface area (Å²) in [7, 11) is 0. The van der Waals surface area contributed by atoms with Crippen molar-refractivity contribution in [2.45, 2.75) is 32.6 Å². The molecule has 4 aromatic rings. The standard InChI is InChI=1S/C18H18O.C14H14N2/c1-13-10-14-2-3-15-5-7-17(18(11-15)12-19)9-8-16(13)6-4-14;15-13(11-7-3-1-4-8-11)14(16)12-9-5-2-6-10-12/h4-7,10-12H,2-3,8-9H2,1H3;1-10H,15-16H2/b;14-13-.